The molecule has 1 saturated carbocycles. The maximum absolute atomic E-state index is 12.0. The third kappa shape index (κ3) is 3.59. The maximum Gasteiger partial charge on any atom is 0.237 e. The van der Waals surface area contributed by atoms with Gasteiger partial charge in [0.15, 0.2) is 0 Å². The van der Waals surface area contributed by atoms with Crippen molar-refractivity contribution >= 4 is 18.3 Å². The smallest absolute Gasteiger partial charge is 0.237 e. The lowest BCUT2D eigenvalue weighted by Crippen LogP contribution is -2.49. The fourth-order valence-corrected chi connectivity index (χ4v) is 2.98. The molecule has 0 aromatic heterocycles. The van der Waals surface area contributed by atoms with E-state index in [1.54, 1.807) is 0 Å². The predicted octanol–water partition coefficient (Wildman–Crippen LogP) is 2.10. The molecule has 0 radical (unpaired) electrons. The lowest BCUT2D eigenvalue weighted by molar-refractivity contribution is -0.124. The minimum atomic E-state index is 0. The minimum absolute atomic E-state index is 0. The van der Waals surface area contributed by atoms with Crippen LogP contribution in [0.2, 0.25) is 0 Å². The molecule has 1 saturated heterocycles. The van der Waals surface area contributed by atoms with Crippen LogP contribution in [-0.4, -0.2) is 24.5 Å². The normalized spacial score (nSPS) is 37.3. The molecule has 1 aliphatic carbocycles. The van der Waals surface area contributed by atoms with Crippen molar-refractivity contribution in [2.24, 2.45) is 11.8 Å². The molecule has 17 heavy (non-hydrogen) atoms. The van der Waals surface area contributed by atoms with Crippen molar-refractivity contribution in [1.82, 2.24) is 10.6 Å². The van der Waals surface area contributed by atoms with Gasteiger partial charge in [0, 0.05) is 6.04 Å². The Hall–Kier alpha value is -0.280. The molecule has 4 heteroatoms. The number of amides is 1. The van der Waals surface area contributed by atoms with Crippen LogP contribution < -0.4 is 10.6 Å². The minimum Gasteiger partial charge on any atom is -0.352 e. The molecule has 2 fully saturated rings. The number of carbonyl (C=O) groups excluding carboxylic acids is 1. The summed E-state index contributed by atoms with van der Waals surface area (Å²) in [6.07, 6.45) is 5.87. The molecule has 0 bridgehead atoms. The highest BCUT2D eigenvalue weighted by atomic mass is 35.5. The van der Waals surface area contributed by atoms with Gasteiger partial charge >= 0.3 is 0 Å². The number of carbonyl (C=O) groups is 1. The number of hydrogen-bond acceptors (Lipinski definition) is 2. The van der Waals surface area contributed by atoms with E-state index in [0.717, 1.165) is 31.7 Å². The van der Waals surface area contributed by atoms with Crippen molar-refractivity contribution in [2.75, 3.05) is 6.54 Å². The Labute approximate surface area is 111 Å². The molecule has 1 aliphatic heterocycles. The second-order valence-electron chi connectivity index (χ2n) is 5.53. The van der Waals surface area contributed by atoms with Crippen molar-refractivity contribution in [3.8, 4) is 0 Å². The first-order valence-corrected chi connectivity index (χ1v) is 6.72. The lowest BCUT2D eigenvalue weighted by atomic mass is 9.78. The Bertz CT molecular complexity index is 254. The third-order valence-electron chi connectivity index (χ3n) is 4.41. The van der Waals surface area contributed by atoms with Crippen molar-refractivity contribution < 1.29 is 4.79 Å². The van der Waals surface area contributed by atoms with Crippen molar-refractivity contribution in [1.29, 1.82) is 0 Å². The Kier molecular flexibility index (Phi) is 5.74. The van der Waals surface area contributed by atoms with Gasteiger partial charge in [-0.05, 0) is 37.6 Å². The quantitative estimate of drug-likeness (QED) is 0.799. The summed E-state index contributed by atoms with van der Waals surface area (Å²) >= 11 is 0. The van der Waals surface area contributed by atoms with E-state index in [9.17, 15) is 4.79 Å². The van der Waals surface area contributed by atoms with Gasteiger partial charge in [0.25, 0.3) is 0 Å². The molecule has 0 aromatic carbocycles. The van der Waals surface area contributed by atoms with Crippen LogP contribution in [0.25, 0.3) is 0 Å². The van der Waals surface area contributed by atoms with Crippen LogP contribution >= 0.6 is 12.4 Å². The van der Waals surface area contributed by atoms with E-state index in [1.165, 1.54) is 12.8 Å². The van der Waals surface area contributed by atoms with Crippen LogP contribution in [0.1, 0.15) is 46.0 Å². The Balaban J connectivity index is 0.00000144. The molecule has 0 aromatic rings. The number of rotatable bonds is 2. The van der Waals surface area contributed by atoms with E-state index in [1.807, 2.05) is 0 Å². The topological polar surface area (TPSA) is 41.1 Å². The van der Waals surface area contributed by atoms with E-state index in [-0.39, 0.29) is 24.4 Å². The molecule has 2 rings (SSSR count). The first-order valence-electron chi connectivity index (χ1n) is 6.72. The van der Waals surface area contributed by atoms with Crippen LogP contribution in [0.5, 0.6) is 0 Å². The van der Waals surface area contributed by atoms with E-state index in [4.69, 9.17) is 0 Å². The standard InChI is InChI=1S/C13H24N2O.ClH/c1-9-5-3-6-11(10(9)2)15-13(16)12-7-4-8-14-12;/h9-12,14H,3-8H2,1-2H3,(H,15,16);1H. The summed E-state index contributed by atoms with van der Waals surface area (Å²) in [5, 5.41) is 6.50. The second kappa shape index (κ2) is 6.60. The summed E-state index contributed by atoms with van der Waals surface area (Å²) in [5.74, 6) is 1.60. The first-order chi connectivity index (χ1) is 7.68. The van der Waals surface area contributed by atoms with Crippen molar-refractivity contribution in [2.45, 2.75) is 58.0 Å². The molecular weight excluding hydrogens is 236 g/mol. The van der Waals surface area contributed by atoms with Crippen LogP contribution in [0.4, 0.5) is 0 Å². The maximum atomic E-state index is 12.0. The van der Waals surface area contributed by atoms with Crippen LogP contribution in [0, 0.1) is 11.8 Å². The highest BCUT2D eigenvalue weighted by molar-refractivity contribution is 5.85. The summed E-state index contributed by atoms with van der Waals surface area (Å²) in [5.41, 5.74) is 0. The van der Waals surface area contributed by atoms with Gasteiger partial charge in [-0.1, -0.05) is 26.7 Å². The molecular formula is C13H25ClN2O. The summed E-state index contributed by atoms with van der Waals surface area (Å²) < 4.78 is 0. The lowest BCUT2D eigenvalue weighted by Gasteiger charge is -2.35. The SMILES string of the molecule is CC1CCCC(NC(=O)C2CCCN2)C1C.Cl. The summed E-state index contributed by atoms with van der Waals surface area (Å²) in [4.78, 5) is 12.0. The van der Waals surface area contributed by atoms with Gasteiger partial charge in [-0.15, -0.1) is 12.4 Å². The van der Waals surface area contributed by atoms with Crippen LogP contribution in [-0.2, 0) is 4.79 Å². The van der Waals surface area contributed by atoms with E-state index in [0.29, 0.717) is 12.0 Å². The summed E-state index contributed by atoms with van der Waals surface area (Å²) in [7, 11) is 0. The Morgan fingerprint density at radius 3 is 2.59 bits per heavy atom. The number of halogens is 1. The van der Waals surface area contributed by atoms with Crippen molar-refractivity contribution in [3.05, 3.63) is 0 Å². The van der Waals surface area contributed by atoms with Gasteiger partial charge in [-0.2, -0.15) is 0 Å². The molecule has 0 spiro atoms. The van der Waals surface area contributed by atoms with Gasteiger partial charge in [0.2, 0.25) is 5.91 Å². The summed E-state index contributed by atoms with van der Waals surface area (Å²) in [6, 6.07) is 0.475. The molecule has 4 unspecified atom stereocenters. The molecule has 1 amide bonds. The Morgan fingerprint density at radius 2 is 1.94 bits per heavy atom. The van der Waals surface area contributed by atoms with Gasteiger partial charge in [0.1, 0.15) is 0 Å². The third-order valence-corrected chi connectivity index (χ3v) is 4.41. The molecule has 4 atom stereocenters. The van der Waals surface area contributed by atoms with Gasteiger partial charge < -0.3 is 10.6 Å². The zero-order valence-corrected chi connectivity index (χ0v) is 11.7. The molecule has 3 nitrogen and oxygen atoms in total. The van der Waals surface area contributed by atoms with Crippen LogP contribution in [0.15, 0.2) is 0 Å². The van der Waals surface area contributed by atoms with Crippen molar-refractivity contribution in [3.63, 3.8) is 0 Å². The second-order valence-corrected chi connectivity index (χ2v) is 5.53. The average molecular weight is 261 g/mol. The van der Waals surface area contributed by atoms with Gasteiger partial charge in [-0.25, -0.2) is 0 Å². The number of hydrogen-bond donors (Lipinski definition) is 2. The molecule has 2 aliphatic rings. The molecule has 1 heterocycles. The zero-order valence-electron chi connectivity index (χ0n) is 10.9. The van der Waals surface area contributed by atoms with E-state index in [2.05, 4.69) is 24.5 Å². The van der Waals surface area contributed by atoms with Crippen LogP contribution in [0.3, 0.4) is 0 Å². The van der Waals surface area contributed by atoms with Gasteiger partial charge in [-0.3, -0.25) is 4.79 Å². The van der Waals surface area contributed by atoms with E-state index < -0.39 is 0 Å². The Morgan fingerprint density at radius 1 is 1.18 bits per heavy atom. The number of nitrogens with one attached hydrogen (secondary N) is 2. The largest absolute Gasteiger partial charge is 0.352 e. The monoisotopic (exact) mass is 260 g/mol. The highest BCUT2D eigenvalue weighted by Gasteiger charge is 2.30. The predicted molar refractivity (Wildman–Crippen MR) is 72.4 cm³/mol. The molecule has 100 valence electrons. The fourth-order valence-electron chi connectivity index (χ4n) is 2.98. The fraction of sp³-hybridized carbons (Fsp3) is 0.923. The average Bonchev–Trinajstić information content (AvgIpc) is 2.78. The molecule has 2 N–H and O–H groups in total. The van der Waals surface area contributed by atoms with Gasteiger partial charge in [0.05, 0.1) is 6.04 Å². The van der Waals surface area contributed by atoms with E-state index >= 15 is 0 Å². The first kappa shape index (κ1) is 14.8. The highest BCUT2D eigenvalue weighted by Crippen LogP contribution is 2.29. The summed E-state index contributed by atoms with van der Waals surface area (Å²) in [6.45, 7) is 5.57. The zero-order chi connectivity index (χ0) is 11.5.